The summed E-state index contributed by atoms with van der Waals surface area (Å²) in [6.07, 6.45) is 1.59. The highest BCUT2D eigenvalue weighted by Gasteiger charge is 2.34. The number of ether oxygens (including phenoxy) is 4. The molecule has 1 amide bonds. The van der Waals surface area contributed by atoms with E-state index in [0.29, 0.717) is 27.1 Å². The van der Waals surface area contributed by atoms with Crippen LogP contribution in [0, 0.1) is 0 Å². The fourth-order valence-electron chi connectivity index (χ4n) is 3.00. The summed E-state index contributed by atoms with van der Waals surface area (Å²) >= 11 is 4.39. The van der Waals surface area contributed by atoms with E-state index in [4.69, 9.17) is 14.2 Å². The molecule has 2 aromatic rings. The number of hydrogen-bond acceptors (Lipinski definition) is 9. The maximum absolute atomic E-state index is 12.7. The molecule has 0 aliphatic carbocycles. The Balaban J connectivity index is 2.00. The van der Waals surface area contributed by atoms with Crippen molar-refractivity contribution in [3.8, 4) is 11.5 Å². The van der Waals surface area contributed by atoms with Crippen LogP contribution < -0.4 is 9.47 Å². The zero-order valence-corrected chi connectivity index (χ0v) is 22.0. The Hall–Kier alpha value is -3.57. The van der Waals surface area contributed by atoms with Crippen LogP contribution in [0.25, 0.3) is 6.08 Å². The van der Waals surface area contributed by atoms with E-state index in [9.17, 15) is 19.5 Å². The van der Waals surface area contributed by atoms with Gasteiger partial charge in [0.15, 0.2) is 18.1 Å². The summed E-state index contributed by atoms with van der Waals surface area (Å²) in [7, 11) is 2.69. The van der Waals surface area contributed by atoms with E-state index in [1.807, 2.05) is 0 Å². The lowest BCUT2D eigenvalue weighted by atomic mass is 10.1. The minimum atomic E-state index is -0.797. The number of thioether (sulfide) groups is 1. The molecule has 1 aliphatic heterocycles. The predicted octanol–water partition coefficient (Wildman–Crippen LogP) is 4.71. The van der Waals surface area contributed by atoms with Gasteiger partial charge in [-0.05, 0) is 42.8 Å². The van der Waals surface area contributed by atoms with Gasteiger partial charge >= 0.3 is 11.9 Å². The Bertz CT molecular complexity index is 1270. The summed E-state index contributed by atoms with van der Waals surface area (Å²) < 4.78 is 21.0. The molecule has 0 unspecified atom stereocenters. The number of aliphatic hydroxyl groups excluding tert-OH is 1. The normalized spacial score (nSPS) is 15.2. The lowest BCUT2D eigenvalue weighted by molar-refractivity contribution is -0.143. The molecule has 36 heavy (non-hydrogen) atoms. The highest BCUT2D eigenvalue weighted by Crippen LogP contribution is 2.41. The molecule has 11 heteroatoms. The average Bonchev–Trinajstić information content (AvgIpc) is 3.18. The van der Waals surface area contributed by atoms with Crippen molar-refractivity contribution in [3.05, 3.63) is 74.3 Å². The van der Waals surface area contributed by atoms with Gasteiger partial charge in [0.25, 0.3) is 5.91 Å². The van der Waals surface area contributed by atoms with E-state index in [1.165, 1.54) is 14.2 Å². The maximum atomic E-state index is 12.7. The van der Waals surface area contributed by atoms with Crippen molar-refractivity contribution >= 4 is 56.7 Å². The van der Waals surface area contributed by atoms with Gasteiger partial charge in [-0.3, -0.25) is 4.79 Å². The van der Waals surface area contributed by atoms with Crippen molar-refractivity contribution in [2.45, 2.75) is 6.92 Å². The van der Waals surface area contributed by atoms with E-state index in [2.05, 4.69) is 25.7 Å². The second kappa shape index (κ2) is 12.4. The number of esters is 2. The molecule has 9 nitrogen and oxygen atoms in total. The third-order valence-electron chi connectivity index (χ3n) is 4.74. The van der Waals surface area contributed by atoms with Gasteiger partial charge in [-0.15, -0.1) is 0 Å². The molecule has 1 aliphatic rings. The fraction of sp³-hybridized carbons (Fsp3) is 0.200. The highest BCUT2D eigenvalue weighted by molar-refractivity contribution is 9.10. The Morgan fingerprint density at radius 2 is 1.83 bits per heavy atom. The largest absolute Gasteiger partial charge is 0.506 e. The van der Waals surface area contributed by atoms with Crippen molar-refractivity contribution in [3.63, 3.8) is 0 Å². The number of rotatable bonds is 8. The number of aliphatic imine (C=N–C) groups is 1. The maximum Gasteiger partial charge on any atom is 0.344 e. The molecule has 0 atom stereocenters. The van der Waals surface area contributed by atoms with Crippen molar-refractivity contribution < 1.29 is 38.4 Å². The summed E-state index contributed by atoms with van der Waals surface area (Å²) in [6, 6.07) is 11.6. The van der Waals surface area contributed by atoms with Gasteiger partial charge in [0.2, 0.25) is 0 Å². The number of benzene rings is 2. The number of nitrogens with zero attached hydrogens (tertiary/aromatic N) is 1. The lowest BCUT2D eigenvalue weighted by Crippen LogP contribution is -2.14. The van der Waals surface area contributed by atoms with Gasteiger partial charge in [-0.2, -0.15) is 0 Å². The van der Waals surface area contributed by atoms with Gasteiger partial charge in [0, 0.05) is 10.0 Å². The quantitative estimate of drug-likeness (QED) is 0.446. The number of methoxy groups -OCH3 is 2. The van der Waals surface area contributed by atoms with Crippen molar-refractivity contribution in [2.24, 2.45) is 4.99 Å². The van der Waals surface area contributed by atoms with E-state index in [-0.39, 0.29) is 34.5 Å². The van der Waals surface area contributed by atoms with Gasteiger partial charge in [-0.25, -0.2) is 14.6 Å². The molecular formula is C25H22BrNO8S. The predicted molar refractivity (Wildman–Crippen MR) is 138 cm³/mol. The third-order valence-corrected chi connectivity index (χ3v) is 6.44. The van der Waals surface area contributed by atoms with Gasteiger partial charge < -0.3 is 24.1 Å². The van der Waals surface area contributed by atoms with Crippen molar-refractivity contribution in [1.82, 2.24) is 0 Å². The number of aliphatic hydroxyl groups is 1. The molecule has 1 N–H and O–H groups in total. The molecule has 1 heterocycles. The van der Waals surface area contributed by atoms with Crippen LogP contribution in [0.4, 0.5) is 0 Å². The standard InChI is InChI=1S/C25H22BrNO8S/c1-4-34-25(31)21-22(29)19(36-24(21)27-23(30)14-8-6-5-7-9-14)11-15-10-17(32-2)18(12-16(15)26)35-13-20(28)33-3/h5-12,29H,4,13H2,1-3H3/b19-11-,27-24?. The fourth-order valence-corrected chi connectivity index (χ4v) is 4.44. The first-order valence-corrected chi connectivity index (χ1v) is 12.2. The van der Waals surface area contributed by atoms with Crippen molar-refractivity contribution in [1.29, 1.82) is 0 Å². The van der Waals surface area contributed by atoms with Crippen LogP contribution in [0.3, 0.4) is 0 Å². The van der Waals surface area contributed by atoms with Crippen molar-refractivity contribution in [2.75, 3.05) is 27.4 Å². The topological polar surface area (TPSA) is 121 Å². The Kier molecular flexibility index (Phi) is 9.31. The van der Waals surface area contributed by atoms with Crippen LogP contribution >= 0.6 is 27.7 Å². The number of carbonyl (C=O) groups is 3. The van der Waals surface area contributed by atoms with E-state index in [1.54, 1.807) is 55.5 Å². The molecule has 188 valence electrons. The summed E-state index contributed by atoms with van der Waals surface area (Å²) in [5, 5.41) is 10.9. The molecule has 0 aromatic heterocycles. The molecule has 0 bridgehead atoms. The molecule has 2 aromatic carbocycles. The lowest BCUT2D eigenvalue weighted by Gasteiger charge is -2.12. The zero-order valence-electron chi connectivity index (χ0n) is 19.6. The summed E-state index contributed by atoms with van der Waals surface area (Å²) in [4.78, 5) is 41.0. The third kappa shape index (κ3) is 6.35. The van der Waals surface area contributed by atoms with Crippen LogP contribution in [-0.2, 0) is 19.1 Å². The molecule has 0 spiro atoms. The zero-order chi connectivity index (χ0) is 26.2. The van der Waals surface area contributed by atoms with Crippen LogP contribution in [0.2, 0.25) is 0 Å². The smallest absolute Gasteiger partial charge is 0.344 e. The SMILES string of the molecule is CCOC(=O)C1=C(O)/C(=C/c2cc(OC)c(OCC(=O)OC)cc2Br)SC1=NC(=O)c1ccccc1. The number of hydrogen-bond donors (Lipinski definition) is 1. The van der Waals surface area contributed by atoms with Crippen LogP contribution in [-0.4, -0.2) is 55.4 Å². The van der Waals surface area contributed by atoms with E-state index in [0.717, 1.165) is 11.8 Å². The van der Waals surface area contributed by atoms with Gasteiger partial charge in [-0.1, -0.05) is 45.9 Å². The summed E-state index contributed by atoms with van der Waals surface area (Å²) in [5.41, 5.74) is 0.699. The number of amides is 1. The minimum absolute atomic E-state index is 0.0205. The van der Waals surface area contributed by atoms with E-state index < -0.39 is 17.8 Å². The molecule has 3 rings (SSSR count). The number of halogens is 1. The van der Waals surface area contributed by atoms with Gasteiger partial charge in [0.1, 0.15) is 16.4 Å². The van der Waals surface area contributed by atoms with Crippen LogP contribution in [0.1, 0.15) is 22.8 Å². The van der Waals surface area contributed by atoms with Crippen LogP contribution in [0.5, 0.6) is 11.5 Å². The molecular weight excluding hydrogens is 554 g/mol. The first-order chi connectivity index (χ1) is 17.3. The molecule has 0 radical (unpaired) electrons. The second-order valence-corrected chi connectivity index (χ2v) is 8.92. The number of carbonyl (C=O) groups excluding carboxylic acids is 3. The average molecular weight is 576 g/mol. The minimum Gasteiger partial charge on any atom is -0.506 e. The van der Waals surface area contributed by atoms with Crippen LogP contribution in [0.15, 0.2) is 68.2 Å². The first kappa shape index (κ1) is 27.0. The molecule has 0 saturated heterocycles. The summed E-state index contributed by atoms with van der Waals surface area (Å²) in [6.45, 7) is 1.40. The van der Waals surface area contributed by atoms with E-state index >= 15 is 0 Å². The Labute approximate surface area is 219 Å². The summed E-state index contributed by atoms with van der Waals surface area (Å²) in [5.74, 6) is -1.68. The Morgan fingerprint density at radius 1 is 1.11 bits per heavy atom. The second-order valence-electron chi connectivity index (χ2n) is 7.03. The monoisotopic (exact) mass is 575 g/mol. The Morgan fingerprint density at radius 3 is 2.47 bits per heavy atom. The first-order valence-electron chi connectivity index (χ1n) is 10.5. The highest BCUT2D eigenvalue weighted by atomic mass is 79.9. The molecule has 0 saturated carbocycles. The molecule has 0 fully saturated rings. The van der Waals surface area contributed by atoms with Gasteiger partial charge in [0.05, 0.1) is 25.7 Å².